The number of para-hydroxylation sites is 2. The van der Waals surface area contributed by atoms with Gasteiger partial charge in [-0.3, -0.25) is 0 Å². The first-order chi connectivity index (χ1) is 15.8. The average molecular weight is 423 g/mol. The normalized spacial score (nSPS) is 23.3. The maximum absolute atomic E-state index is 4.04. The Morgan fingerprint density at radius 2 is 1.34 bits per heavy atom. The van der Waals surface area contributed by atoms with Gasteiger partial charge in [0, 0.05) is 44.5 Å². The first-order valence-corrected chi connectivity index (χ1v) is 13.0. The van der Waals surface area contributed by atoms with Crippen LogP contribution in [0.2, 0.25) is 0 Å². The Labute approximate surface area is 190 Å². The van der Waals surface area contributed by atoms with Crippen LogP contribution in [0.1, 0.15) is 92.6 Å². The molecule has 3 aliphatic rings. The summed E-state index contributed by atoms with van der Waals surface area (Å²) in [6.07, 6.45) is 14.9. The number of benzene rings is 2. The van der Waals surface area contributed by atoms with Crippen molar-refractivity contribution in [2.24, 2.45) is 5.92 Å². The maximum atomic E-state index is 4.04. The van der Waals surface area contributed by atoms with Crippen LogP contribution >= 0.6 is 0 Å². The van der Waals surface area contributed by atoms with Gasteiger partial charge in [-0.15, -0.1) is 0 Å². The molecule has 1 atom stereocenters. The molecule has 0 aliphatic heterocycles. The highest BCUT2D eigenvalue weighted by Crippen LogP contribution is 2.55. The topological polar surface area (TPSA) is 31.6 Å². The number of hydrogen-bond acceptors (Lipinski definition) is 0. The van der Waals surface area contributed by atoms with Gasteiger partial charge >= 0.3 is 0 Å². The lowest BCUT2D eigenvalue weighted by atomic mass is 9.67. The minimum absolute atomic E-state index is 0.260. The highest BCUT2D eigenvalue weighted by atomic mass is 14.8. The lowest BCUT2D eigenvalue weighted by Crippen LogP contribution is -2.32. The molecule has 0 bridgehead atoms. The van der Waals surface area contributed by atoms with Gasteiger partial charge in [-0.25, -0.2) is 0 Å². The summed E-state index contributed by atoms with van der Waals surface area (Å²) in [4.78, 5) is 8.05. The number of aromatic nitrogens is 2. The van der Waals surface area contributed by atoms with E-state index in [0.717, 1.165) is 5.92 Å². The third-order valence-corrected chi connectivity index (χ3v) is 9.19. The second kappa shape index (κ2) is 7.27. The standard InChI is InChI=1S/C30H34N2/c1-3-11-20(12-4-1)26-27-22-14-6-8-16-25(22)32-29(27)30(17-9-2-10-18-30)19-23-21-13-5-7-15-24(21)31-28(23)26/h5-8,13-16,20,26,31-32H,1-4,9-12,17-19H2. The van der Waals surface area contributed by atoms with Crippen molar-refractivity contribution >= 4 is 21.8 Å². The van der Waals surface area contributed by atoms with Crippen molar-refractivity contribution in [3.8, 4) is 0 Å². The van der Waals surface area contributed by atoms with E-state index in [1.807, 2.05) is 0 Å². The fourth-order valence-corrected chi connectivity index (χ4v) is 7.75. The monoisotopic (exact) mass is 422 g/mol. The Morgan fingerprint density at radius 1 is 0.688 bits per heavy atom. The van der Waals surface area contributed by atoms with Crippen LogP contribution in [0, 0.1) is 5.92 Å². The number of H-pyrrole nitrogens is 2. The van der Waals surface area contributed by atoms with Crippen molar-refractivity contribution in [1.29, 1.82) is 0 Å². The Bertz CT molecular complexity index is 1280. The molecule has 2 heterocycles. The molecule has 2 aromatic heterocycles. The fourth-order valence-electron chi connectivity index (χ4n) is 7.75. The number of aromatic amines is 2. The van der Waals surface area contributed by atoms with Gasteiger partial charge in [-0.1, -0.05) is 74.9 Å². The van der Waals surface area contributed by atoms with Crippen molar-refractivity contribution < 1.29 is 0 Å². The van der Waals surface area contributed by atoms with Crippen molar-refractivity contribution in [1.82, 2.24) is 9.97 Å². The van der Waals surface area contributed by atoms with Crippen LogP contribution in [-0.4, -0.2) is 9.97 Å². The predicted octanol–water partition coefficient (Wildman–Crippen LogP) is 8.12. The summed E-state index contributed by atoms with van der Waals surface area (Å²) >= 11 is 0. The zero-order valence-electron chi connectivity index (χ0n) is 19.1. The number of nitrogens with one attached hydrogen (secondary N) is 2. The Balaban J connectivity index is 1.57. The van der Waals surface area contributed by atoms with Gasteiger partial charge in [0.1, 0.15) is 0 Å². The largest absolute Gasteiger partial charge is 0.358 e. The summed E-state index contributed by atoms with van der Waals surface area (Å²) in [5, 5.41) is 2.96. The summed E-state index contributed by atoms with van der Waals surface area (Å²) in [7, 11) is 0. The molecular formula is C30H34N2. The van der Waals surface area contributed by atoms with Crippen LogP contribution in [0.3, 0.4) is 0 Å². The second-order valence-electron chi connectivity index (χ2n) is 10.9. The third kappa shape index (κ3) is 2.71. The molecule has 1 spiro atoms. The van der Waals surface area contributed by atoms with Crippen LogP contribution in [0.5, 0.6) is 0 Å². The van der Waals surface area contributed by atoms with Gasteiger partial charge in [0.25, 0.3) is 0 Å². The van der Waals surface area contributed by atoms with E-state index in [2.05, 4.69) is 58.5 Å². The van der Waals surface area contributed by atoms with Crippen molar-refractivity contribution in [3.63, 3.8) is 0 Å². The lowest BCUT2D eigenvalue weighted by Gasteiger charge is -2.37. The van der Waals surface area contributed by atoms with E-state index < -0.39 is 0 Å². The molecule has 32 heavy (non-hydrogen) atoms. The van der Waals surface area contributed by atoms with E-state index in [0.29, 0.717) is 5.92 Å². The second-order valence-corrected chi connectivity index (χ2v) is 10.9. The van der Waals surface area contributed by atoms with Gasteiger partial charge in [-0.05, 0) is 61.3 Å². The van der Waals surface area contributed by atoms with Crippen LogP contribution in [0.4, 0.5) is 0 Å². The molecule has 0 saturated heterocycles. The van der Waals surface area contributed by atoms with E-state index in [-0.39, 0.29) is 5.41 Å². The fraction of sp³-hybridized carbons (Fsp3) is 0.467. The summed E-state index contributed by atoms with van der Waals surface area (Å²) in [6, 6.07) is 18.3. The molecule has 2 heteroatoms. The van der Waals surface area contributed by atoms with E-state index in [1.165, 1.54) is 92.4 Å². The summed E-state index contributed by atoms with van der Waals surface area (Å²) in [5.74, 6) is 1.23. The quantitative estimate of drug-likeness (QED) is 0.310. The molecule has 3 aliphatic carbocycles. The maximum Gasteiger partial charge on any atom is 0.0459 e. The SMILES string of the molecule is c1ccc2c3c([nH]c2c1)C(C1CCCCC1)c1c([nH]c2ccccc12)C1(CCCCC1)C3. The lowest BCUT2D eigenvalue weighted by molar-refractivity contribution is 0.284. The molecule has 4 aromatic rings. The van der Waals surface area contributed by atoms with E-state index in [9.17, 15) is 0 Å². The van der Waals surface area contributed by atoms with E-state index in [4.69, 9.17) is 0 Å². The highest BCUT2D eigenvalue weighted by molar-refractivity contribution is 5.90. The molecule has 164 valence electrons. The molecule has 7 rings (SSSR count). The molecule has 2 fully saturated rings. The molecule has 2 saturated carbocycles. The molecule has 2 aromatic carbocycles. The number of hydrogen-bond donors (Lipinski definition) is 2. The van der Waals surface area contributed by atoms with Crippen LogP contribution in [-0.2, 0) is 11.8 Å². The van der Waals surface area contributed by atoms with Crippen molar-refractivity contribution in [2.75, 3.05) is 0 Å². The predicted molar refractivity (Wildman–Crippen MR) is 133 cm³/mol. The Kier molecular flexibility index (Phi) is 4.32. The van der Waals surface area contributed by atoms with Gasteiger partial charge in [0.15, 0.2) is 0 Å². The summed E-state index contributed by atoms with van der Waals surface area (Å²) < 4.78 is 0. The van der Waals surface area contributed by atoms with Gasteiger partial charge in [0.2, 0.25) is 0 Å². The first kappa shape index (κ1) is 19.0. The van der Waals surface area contributed by atoms with E-state index >= 15 is 0 Å². The van der Waals surface area contributed by atoms with Crippen LogP contribution in [0.15, 0.2) is 48.5 Å². The summed E-state index contributed by atoms with van der Waals surface area (Å²) in [6.45, 7) is 0. The molecule has 0 amide bonds. The van der Waals surface area contributed by atoms with Gasteiger partial charge < -0.3 is 9.97 Å². The average Bonchev–Trinajstić information content (AvgIpc) is 3.38. The van der Waals surface area contributed by atoms with Gasteiger partial charge in [0.05, 0.1) is 0 Å². The van der Waals surface area contributed by atoms with Crippen LogP contribution in [0.25, 0.3) is 21.8 Å². The number of rotatable bonds is 1. The third-order valence-electron chi connectivity index (χ3n) is 9.19. The highest BCUT2D eigenvalue weighted by Gasteiger charge is 2.45. The minimum atomic E-state index is 0.260. The van der Waals surface area contributed by atoms with Crippen molar-refractivity contribution in [2.45, 2.75) is 82.0 Å². The van der Waals surface area contributed by atoms with E-state index in [1.54, 1.807) is 22.5 Å². The zero-order chi connectivity index (χ0) is 21.1. The summed E-state index contributed by atoms with van der Waals surface area (Å²) in [5.41, 5.74) is 9.38. The minimum Gasteiger partial charge on any atom is -0.358 e. The van der Waals surface area contributed by atoms with Crippen LogP contribution < -0.4 is 0 Å². The molecule has 0 radical (unpaired) electrons. The number of fused-ring (bicyclic) bond motifs is 7. The molecule has 1 unspecified atom stereocenters. The van der Waals surface area contributed by atoms with Gasteiger partial charge in [-0.2, -0.15) is 0 Å². The molecule has 2 N–H and O–H groups in total. The Hall–Kier alpha value is -2.48. The zero-order valence-corrected chi connectivity index (χ0v) is 19.1. The molecule has 2 nitrogen and oxygen atoms in total. The first-order valence-electron chi connectivity index (χ1n) is 13.0. The Morgan fingerprint density at radius 3 is 2.12 bits per heavy atom. The smallest absolute Gasteiger partial charge is 0.0459 e. The molecular weight excluding hydrogens is 388 g/mol. The van der Waals surface area contributed by atoms with Crippen molar-refractivity contribution in [3.05, 3.63) is 71.0 Å².